The maximum Gasteiger partial charge on any atom is 0.277 e. The zero-order chi connectivity index (χ0) is 17.9. The number of aromatic nitrogens is 6. The number of nitrogens with zero attached hydrogens (tertiary/aromatic N) is 6. The quantitative estimate of drug-likeness (QED) is 0.564. The molecule has 0 saturated heterocycles. The second-order valence-electron chi connectivity index (χ2n) is 6.74. The van der Waals surface area contributed by atoms with Gasteiger partial charge >= 0.3 is 0 Å². The minimum atomic E-state index is 0.560. The van der Waals surface area contributed by atoms with Crippen LogP contribution in [-0.4, -0.2) is 30.4 Å². The maximum absolute atomic E-state index is 5.87. The van der Waals surface area contributed by atoms with E-state index in [1.54, 1.807) is 11.3 Å². The summed E-state index contributed by atoms with van der Waals surface area (Å²) in [5, 5.41) is 20.9. The van der Waals surface area contributed by atoms with Gasteiger partial charge in [-0.1, -0.05) is 32.0 Å². The third-order valence-electron chi connectivity index (χ3n) is 4.60. The Morgan fingerprint density at radius 3 is 3.15 bits per heavy atom. The molecule has 1 atom stereocenters. The molecule has 138 valence electrons. The molecule has 26 heavy (non-hydrogen) atoms. The van der Waals surface area contributed by atoms with Gasteiger partial charge in [-0.15, -0.1) is 26.6 Å². The van der Waals surface area contributed by atoms with Gasteiger partial charge in [0.25, 0.3) is 11.1 Å². The van der Waals surface area contributed by atoms with E-state index in [1.165, 1.54) is 28.6 Å². The molecular formula is C17H22N6OS2. The summed E-state index contributed by atoms with van der Waals surface area (Å²) in [6.45, 7) is 5.31. The molecule has 9 heteroatoms. The van der Waals surface area contributed by atoms with Gasteiger partial charge in [0, 0.05) is 11.4 Å². The number of fused-ring (bicyclic) bond motifs is 1. The van der Waals surface area contributed by atoms with Gasteiger partial charge < -0.3 is 4.42 Å². The molecule has 7 nitrogen and oxygen atoms in total. The van der Waals surface area contributed by atoms with Crippen molar-refractivity contribution in [3.05, 3.63) is 22.3 Å². The molecule has 0 amide bonds. The van der Waals surface area contributed by atoms with Crippen LogP contribution in [-0.2, 0) is 25.1 Å². The van der Waals surface area contributed by atoms with Crippen molar-refractivity contribution in [1.82, 2.24) is 30.4 Å². The largest absolute Gasteiger partial charge is 0.410 e. The molecule has 0 bridgehead atoms. The van der Waals surface area contributed by atoms with Crippen molar-refractivity contribution >= 4 is 23.1 Å². The van der Waals surface area contributed by atoms with Crippen molar-refractivity contribution in [3.63, 3.8) is 0 Å². The third-order valence-corrected chi connectivity index (χ3v) is 6.64. The number of thiophene rings is 1. The van der Waals surface area contributed by atoms with Crippen molar-refractivity contribution in [2.45, 2.75) is 63.5 Å². The molecule has 0 aliphatic heterocycles. The Labute approximate surface area is 160 Å². The Kier molecular flexibility index (Phi) is 5.35. The Morgan fingerprint density at radius 2 is 2.27 bits per heavy atom. The molecule has 1 unspecified atom stereocenters. The van der Waals surface area contributed by atoms with Crippen LogP contribution < -0.4 is 0 Å². The second-order valence-corrected chi connectivity index (χ2v) is 8.80. The lowest BCUT2D eigenvalue weighted by Gasteiger charge is -2.16. The van der Waals surface area contributed by atoms with Gasteiger partial charge in [-0.25, -0.2) is 4.68 Å². The number of unbranched alkanes of at least 4 members (excludes halogenated alkanes) is 1. The molecule has 0 saturated carbocycles. The number of hydrogen-bond donors (Lipinski definition) is 0. The van der Waals surface area contributed by atoms with Crippen molar-refractivity contribution in [1.29, 1.82) is 0 Å². The van der Waals surface area contributed by atoms with E-state index in [0.29, 0.717) is 16.9 Å². The van der Waals surface area contributed by atoms with Gasteiger partial charge in [0.2, 0.25) is 0 Å². The van der Waals surface area contributed by atoms with Gasteiger partial charge in [-0.2, -0.15) is 0 Å². The highest BCUT2D eigenvalue weighted by Crippen LogP contribution is 2.37. The standard InChI is InChI=1S/C17H22N6OS2/c1-3-4-7-23-15(18-21-22-23)10-25-17-20-19-16(24-17)14-9-12-8-11(2)5-6-13(12)26-14/h9,11H,3-8,10H2,1-2H3. The van der Waals surface area contributed by atoms with Crippen molar-refractivity contribution < 1.29 is 4.42 Å². The summed E-state index contributed by atoms with van der Waals surface area (Å²) in [4.78, 5) is 2.55. The molecule has 1 aliphatic carbocycles. The average Bonchev–Trinajstić information content (AvgIpc) is 3.36. The summed E-state index contributed by atoms with van der Waals surface area (Å²) in [6, 6.07) is 2.23. The van der Waals surface area contributed by atoms with Crippen LogP contribution in [0.5, 0.6) is 0 Å². The highest BCUT2D eigenvalue weighted by atomic mass is 32.2. The van der Waals surface area contributed by atoms with Gasteiger partial charge in [0.1, 0.15) is 0 Å². The normalized spacial score (nSPS) is 16.8. The first-order chi connectivity index (χ1) is 12.7. The van der Waals surface area contributed by atoms with Gasteiger partial charge in [-0.05, 0) is 53.7 Å². The Bertz CT molecular complexity index is 870. The molecule has 0 spiro atoms. The molecule has 4 rings (SSSR count). The van der Waals surface area contributed by atoms with Crippen LogP contribution in [0.1, 0.15) is 49.4 Å². The number of thioether (sulfide) groups is 1. The first-order valence-electron chi connectivity index (χ1n) is 9.06. The molecule has 3 heterocycles. The molecule has 0 fully saturated rings. The van der Waals surface area contributed by atoms with Crippen LogP contribution >= 0.6 is 23.1 Å². The first-order valence-corrected chi connectivity index (χ1v) is 10.9. The zero-order valence-corrected chi connectivity index (χ0v) is 16.6. The summed E-state index contributed by atoms with van der Waals surface area (Å²) < 4.78 is 7.72. The van der Waals surface area contributed by atoms with Crippen LogP contribution in [0.15, 0.2) is 15.7 Å². The van der Waals surface area contributed by atoms with E-state index in [-0.39, 0.29) is 0 Å². The molecule has 0 aromatic carbocycles. The topological polar surface area (TPSA) is 82.5 Å². The third kappa shape index (κ3) is 3.83. The highest BCUT2D eigenvalue weighted by molar-refractivity contribution is 7.98. The number of tetrazole rings is 1. The lowest BCUT2D eigenvalue weighted by molar-refractivity contribution is 0.466. The van der Waals surface area contributed by atoms with Crippen molar-refractivity contribution in [2.75, 3.05) is 0 Å². The Balaban J connectivity index is 1.42. The lowest BCUT2D eigenvalue weighted by Crippen LogP contribution is -2.07. The fourth-order valence-electron chi connectivity index (χ4n) is 3.11. The monoisotopic (exact) mass is 390 g/mol. The van der Waals surface area contributed by atoms with E-state index < -0.39 is 0 Å². The van der Waals surface area contributed by atoms with Crippen molar-refractivity contribution in [2.24, 2.45) is 5.92 Å². The molecule has 3 aromatic heterocycles. The van der Waals surface area contributed by atoms with E-state index in [9.17, 15) is 0 Å². The molecule has 0 radical (unpaired) electrons. The fraction of sp³-hybridized carbons (Fsp3) is 0.588. The number of aryl methyl sites for hydroxylation is 2. The van der Waals surface area contributed by atoms with Gasteiger partial charge in [0.05, 0.1) is 10.6 Å². The summed E-state index contributed by atoms with van der Waals surface area (Å²) in [7, 11) is 0. The second kappa shape index (κ2) is 7.87. The van der Waals surface area contributed by atoms with Crippen LogP contribution in [0, 0.1) is 5.92 Å². The smallest absolute Gasteiger partial charge is 0.277 e. The Hall–Kier alpha value is -1.74. The zero-order valence-electron chi connectivity index (χ0n) is 15.0. The minimum Gasteiger partial charge on any atom is -0.410 e. The number of hydrogen-bond acceptors (Lipinski definition) is 8. The van der Waals surface area contributed by atoms with Crippen LogP contribution in [0.2, 0.25) is 0 Å². The first kappa shape index (κ1) is 17.7. The summed E-state index contributed by atoms with van der Waals surface area (Å²) in [5.41, 5.74) is 1.45. The fourth-order valence-corrected chi connectivity index (χ4v) is 4.94. The summed E-state index contributed by atoms with van der Waals surface area (Å²) >= 11 is 3.27. The molecule has 3 aromatic rings. The predicted molar refractivity (Wildman–Crippen MR) is 101 cm³/mol. The lowest BCUT2D eigenvalue weighted by atomic mass is 9.90. The average molecular weight is 391 g/mol. The molecule has 0 N–H and O–H groups in total. The minimum absolute atomic E-state index is 0.560. The SMILES string of the molecule is CCCCn1nnnc1CSc1nnc(-c2cc3c(s2)CCC(C)C3)o1. The van der Waals surface area contributed by atoms with E-state index in [1.807, 2.05) is 4.68 Å². The van der Waals surface area contributed by atoms with Crippen LogP contribution in [0.25, 0.3) is 10.8 Å². The van der Waals surface area contributed by atoms with Crippen molar-refractivity contribution in [3.8, 4) is 10.8 Å². The van der Waals surface area contributed by atoms with Crippen LogP contribution in [0.3, 0.4) is 0 Å². The molecular weight excluding hydrogens is 368 g/mol. The summed E-state index contributed by atoms with van der Waals surface area (Å²) in [6.07, 6.45) is 5.77. The van der Waals surface area contributed by atoms with E-state index >= 15 is 0 Å². The van der Waals surface area contributed by atoms with E-state index in [4.69, 9.17) is 4.42 Å². The van der Waals surface area contributed by atoms with Gasteiger partial charge in [0.15, 0.2) is 5.82 Å². The van der Waals surface area contributed by atoms with Crippen LogP contribution in [0.4, 0.5) is 0 Å². The van der Waals surface area contributed by atoms with Gasteiger partial charge in [-0.3, -0.25) is 0 Å². The predicted octanol–water partition coefficient (Wildman–Crippen LogP) is 4.00. The van der Waals surface area contributed by atoms with E-state index in [2.05, 4.69) is 45.6 Å². The highest BCUT2D eigenvalue weighted by Gasteiger charge is 2.21. The molecule has 1 aliphatic rings. The Morgan fingerprint density at radius 1 is 1.35 bits per heavy atom. The maximum atomic E-state index is 5.87. The summed E-state index contributed by atoms with van der Waals surface area (Å²) in [5.74, 6) is 2.84. The number of rotatable bonds is 7. The van der Waals surface area contributed by atoms with E-state index in [0.717, 1.165) is 48.8 Å².